The van der Waals surface area contributed by atoms with Crippen LogP contribution in [-0.4, -0.2) is 25.7 Å². The molecule has 4 nitrogen and oxygen atoms in total. The monoisotopic (exact) mass is 278 g/mol. The first kappa shape index (κ1) is 16.7. The van der Waals surface area contributed by atoms with Crippen LogP contribution in [0.4, 0.5) is 0 Å². The Kier molecular flexibility index (Phi) is 6.17. The number of rotatable bonds is 6. The zero-order valence-corrected chi connectivity index (χ0v) is 12.8. The van der Waals surface area contributed by atoms with Crippen LogP contribution in [-0.2, 0) is 9.53 Å². The molecule has 2 atom stereocenters. The molecule has 0 heterocycles. The Morgan fingerprint density at radius 1 is 1.30 bits per heavy atom. The van der Waals surface area contributed by atoms with Crippen molar-refractivity contribution in [3.05, 3.63) is 35.9 Å². The van der Waals surface area contributed by atoms with Crippen molar-refractivity contribution in [1.82, 2.24) is 5.32 Å². The molecular weight excluding hydrogens is 252 g/mol. The van der Waals surface area contributed by atoms with Gasteiger partial charge in [-0.3, -0.25) is 4.79 Å². The predicted octanol–water partition coefficient (Wildman–Crippen LogP) is 2.25. The third-order valence-corrected chi connectivity index (χ3v) is 3.02. The number of nitrogens with one attached hydrogen (secondary N) is 1. The number of amides is 1. The fraction of sp³-hybridized carbons (Fsp3) is 0.562. The maximum absolute atomic E-state index is 12.1. The van der Waals surface area contributed by atoms with E-state index < -0.39 is 6.04 Å². The Hall–Kier alpha value is -1.39. The minimum absolute atomic E-state index is 0.0355. The second-order valence-corrected chi connectivity index (χ2v) is 6.30. The molecule has 1 rings (SSSR count). The van der Waals surface area contributed by atoms with E-state index in [0.29, 0.717) is 0 Å². The number of methoxy groups -OCH3 is 1. The predicted molar refractivity (Wildman–Crippen MR) is 81.2 cm³/mol. The van der Waals surface area contributed by atoms with Crippen LogP contribution in [0.2, 0.25) is 0 Å². The van der Waals surface area contributed by atoms with Crippen molar-refractivity contribution in [1.29, 1.82) is 0 Å². The molecule has 1 amide bonds. The molecule has 0 bridgehead atoms. The summed E-state index contributed by atoms with van der Waals surface area (Å²) in [4.78, 5) is 12.1. The van der Waals surface area contributed by atoms with E-state index in [4.69, 9.17) is 10.5 Å². The van der Waals surface area contributed by atoms with Crippen LogP contribution in [0.25, 0.3) is 0 Å². The topological polar surface area (TPSA) is 64.3 Å². The van der Waals surface area contributed by atoms with Crippen molar-refractivity contribution in [3.8, 4) is 0 Å². The van der Waals surface area contributed by atoms with Crippen molar-refractivity contribution in [2.45, 2.75) is 39.3 Å². The average Bonchev–Trinajstić information content (AvgIpc) is 2.37. The Morgan fingerprint density at radius 2 is 1.90 bits per heavy atom. The molecule has 0 aliphatic heterocycles. The summed E-state index contributed by atoms with van der Waals surface area (Å²) in [5, 5.41) is 3.03. The lowest BCUT2D eigenvalue weighted by Crippen LogP contribution is -2.45. The normalized spacial score (nSPS) is 14.7. The smallest absolute Gasteiger partial charge is 0.239 e. The van der Waals surface area contributed by atoms with Gasteiger partial charge in [0.25, 0.3) is 0 Å². The van der Waals surface area contributed by atoms with Crippen molar-refractivity contribution in [2.24, 2.45) is 11.1 Å². The highest BCUT2D eigenvalue weighted by atomic mass is 16.5. The minimum Gasteiger partial charge on any atom is -0.383 e. The number of hydrogen-bond donors (Lipinski definition) is 2. The van der Waals surface area contributed by atoms with Gasteiger partial charge in [0.15, 0.2) is 0 Å². The zero-order valence-electron chi connectivity index (χ0n) is 12.8. The number of carbonyl (C=O) groups excluding carboxylic acids is 1. The lowest BCUT2D eigenvalue weighted by molar-refractivity contribution is -0.124. The molecule has 112 valence electrons. The van der Waals surface area contributed by atoms with Gasteiger partial charge in [-0.25, -0.2) is 0 Å². The first-order chi connectivity index (χ1) is 9.33. The molecule has 0 aliphatic carbocycles. The van der Waals surface area contributed by atoms with Crippen LogP contribution in [0.5, 0.6) is 0 Å². The fourth-order valence-electron chi connectivity index (χ4n) is 2.08. The summed E-state index contributed by atoms with van der Waals surface area (Å²) in [6, 6.07) is 9.31. The molecule has 0 aliphatic rings. The number of nitrogens with two attached hydrogens (primary N) is 1. The van der Waals surface area contributed by atoms with Gasteiger partial charge in [-0.1, -0.05) is 51.1 Å². The van der Waals surface area contributed by atoms with E-state index in [1.807, 2.05) is 30.3 Å². The molecule has 0 saturated heterocycles. The molecule has 1 aromatic carbocycles. The number of ether oxygens (including phenoxy) is 1. The molecule has 20 heavy (non-hydrogen) atoms. The van der Waals surface area contributed by atoms with Gasteiger partial charge < -0.3 is 15.8 Å². The van der Waals surface area contributed by atoms with Gasteiger partial charge in [-0.2, -0.15) is 0 Å². The summed E-state index contributed by atoms with van der Waals surface area (Å²) >= 11 is 0. The Labute approximate surface area is 121 Å². The summed E-state index contributed by atoms with van der Waals surface area (Å²) in [5.74, 6) is -0.176. The van der Waals surface area contributed by atoms with Crippen molar-refractivity contribution >= 4 is 5.91 Å². The van der Waals surface area contributed by atoms with E-state index in [1.54, 1.807) is 0 Å². The van der Waals surface area contributed by atoms with Gasteiger partial charge >= 0.3 is 0 Å². The minimum atomic E-state index is -0.633. The summed E-state index contributed by atoms with van der Waals surface area (Å²) in [5.41, 5.74) is 6.99. The highest BCUT2D eigenvalue weighted by molar-refractivity contribution is 5.82. The summed E-state index contributed by atoms with van der Waals surface area (Å²) in [6.07, 6.45) is 0.850. The maximum atomic E-state index is 12.1. The van der Waals surface area contributed by atoms with Crippen LogP contribution in [0.15, 0.2) is 30.3 Å². The molecule has 0 fully saturated rings. The standard InChI is InChI=1S/C16H26N2O2/c1-16(2,3)10-14(12-8-6-5-7-9-12)18-15(19)13(17)11-20-4/h5-9,13-14H,10-11,17H2,1-4H3,(H,18,19). The quantitative estimate of drug-likeness (QED) is 0.839. The molecule has 0 saturated carbocycles. The van der Waals surface area contributed by atoms with Gasteiger partial charge in [0.2, 0.25) is 5.91 Å². The molecule has 4 heteroatoms. The van der Waals surface area contributed by atoms with Crippen LogP contribution < -0.4 is 11.1 Å². The second-order valence-electron chi connectivity index (χ2n) is 6.30. The molecular formula is C16H26N2O2. The first-order valence-corrected chi connectivity index (χ1v) is 6.93. The van der Waals surface area contributed by atoms with E-state index in [0.717, 1.165) is 12.0 Å². The van der Waals surface area contributed by atoms with Gasteiger partial charge in [0, 0.05) is 7.11 Å². The SMILES string of the molecule is COCC(N)C(=O)NC(CC(C)(C)C)c1ccccc1. The summed E-state index contributed by atoms with van der Waals surface area (Å²) < 4.78 is 4.93. The van der Waals surface area contributed by atoms with E-state index in [2.05, 4.69) is 26.1 Å². The first-order valence-electron chi connectivity index (χ1n) is 6.93. The zero-order chi connectivity index (χ0) is 15.2. The third-order valence-electron chi connectivity index (χ3n) is 3.02. The highest BCUT2D eigenvalue weighted by Crippen LogP contribution is 2.29. The van der Waals surface area contributed by atoms with Crippen LogP contribution in [0, 0.1) is 5.41 Å². The van der Waals surface area contributed by atoms with Gasteiger partial charge in [0.05, 0.1) is 12.6 Å². The Balaban J connectivity index is 2.81. The largest absolute Gasteiger partial charge is 0.383 e. The van der Waals surface area contributed by atoms with Crippen LogP contribution >= 0.6 is 0 Å². The van der Waals surface area contributed by atoms with Gasteiger partial charge in [-0.15, -0.1) is 0 Å². The number of hydrogen-bond acceptors (Lipinski definition) is 3. The molecule has 0 aromatic heterocycles. The molecule has 2 unspecified atom stereocenters. The van der Waals surface area contributed by atoms with E-state index in [1.165, 1.54) is 7.11 Å². The van der Waals surface area contributed by atoms with E-state index in [-0.39, 0.29) is 24.0 Å². The van der Waals surface area contributed by atoms with Crippen molar-refractivity contribution in [3.63, 3.8) is 0 Å². The van der Waals surface area contributed by atoms with E-state index in [9.17, 15) is 4.79 Å². The van der Waals surface area contributed by atoms with E-state index >= 15 is 0 Å². The van der Waals surface area contributed by atoms with Crippen LogP contribution in [0.1, 0.15) is 38.8 Å². The molecule has 0 radical (unpaired) electrons. The Bertz CT molecular complexity index is 412. The Morgan fingerprint density at radius 3 is 2.40 bits per heavy atom. The number of carbonyl (C=O) groups is 1. The second kappa shape index (κ2) is 7.41. The average molecular weight is 278 g/mol. The number of benzene rings is 1. The summed E-state index contributed by atoms with van der Waals surface area (Å²) in [7, 11) is 1.54. The van der Waals surface area contributed by atoms with Gasteiger partial charge in [-0.05, 0) is 17.4 Å². The molecule has 3 N–H and O–H groups in total. The third kappa shape index (κ3) is 5.72. The van der Waals surface area contributed by atoms with Gasteiger partial charge in [0.1, 0.15) is 6.04 Å². The van der Waals surface area contributed by atoms with Crippen molar-refractivity contribution in [2.75, 3.05) is 13.7 Å². The fourth-order valence-corrected chi connectivity index (χ4v) is 2.08. The summed E-state index contributed by atoms with van der Waals surface area (Å²) in [6.45, 7) is 6.70. The highest BCUT2D eigenvalue weighted by Gasteiger charge is 2.24. The van der Waals surface area contributed by atoms with Crippen LogP contribution in [0.3, 0.4) is 0 Å². The molecule has 1 aromatic rings. The lowest BCUT2D eigenvalue weighted by atomic mass is 9.85. The maximum Gasteiger partial charge on any atom is 0.239 e. The molecule has 0 spiro atoms. The lowest BCUT2D eigenvalue weighted by Gasteiger charge is -2.28. The van der Waals surface area contributed by atoms with Crippen molar-refractivity contribution < 1.29 is 9.53 Å².